The molecule has 75 heavy (non-hydrogen) atoms. The lowest BCUT2D eigenvalue weighted by Gasteiger charge is -2.19. The summed E-state index contributed by atoms with van der Waals surface area (Å²) >= 11 is 0. The molecule has 0 bridgehead atoms. The highest BCUT2D eigenvalue weighted by Crippen LogP contribution is 2.47. The summed E-state index contributed by atoms with van der Waals surface area (Å²) in [6.07, 6.45) is 0. The first-order valence-corrected chi connectivity index (χ1v) is 25.0. The van der Waals surface area contributed by atoms with Crippen LogP contribution in [0.4, 0.5) is 17.6 Å². The van der Waals surface area contributed by atoms with E-state index in [0.717, 1.165) is 89.0 Å². The van der Waals surface area contributed by atoms with Crippen LogP contribution in [0.2, 0.25) is 0 Å². The summed E-state index contributed by atoms with van der Waals surface area (Å²) in [5.74, 6) is -2.90. The van der Waals surface area contributed by atoms with Crippen LogP contribution in [0.15, 0.2) is 249 Å². The molecule has 13 aromatic carbocycles. The molecule has 0 unspecified atom stereocenters. The zero-order valence-electron chi connectivity index (χ0n) is 40.1. The third-order valence-corrected chi connectivity index (χ3v) is 15.0. The van der Waals surface area contributed by atoms with Gasteiger partial charge in [-0.1, -0.05) is 158 Å². The van der Waals surface area contributed by atoms with Gasteiger partial charge >= 0.3 is 0 Å². The molecule has 0 atom stereocenters. The van der Waals surface area contributed by atoms with E-state index in [1.807, 2.05) is 36.4 Å². The molecule has 0 saturated carbocycles. The highest BCUT2D eigenvalue weighted by atomic mass is 19.1. The molecule has 5 heteroatoms. The Hall–Kier alpha value is -9.58. The summed E-state index contributed by atoms with van der Waals surface area (Å²) in [7, 11) is 0. The molecular weight excluding hydrogens is 931 g/mol. The fourth-order valence-corrected chi connectivity index (χ4v) is 11.6. The van der Waals surface area contributed by atoms with E-state index in [4.69, 9.17) is 0 Å². The van der Waals surface area contributed by atoms with Crippen LogP contribution in [0, 0.1) is 23.3 Å². The molecule has 0 fully saturated rings. The topological polar surface area (TPSA) is 4.93 Å². The van der Waals surface area contributed by atoms with Crippen molar-refractivity contribution in [3.8, 4) is 72.4 Å². The van der Waals surface area contributed by atoms with Crippen LogP contribution in [-0.2, 0) is 0 Å². The summed E-state index contributed by atoms with van der Waals surface area (Å²) in [6.45, 7) is 0. The van der Waals surface area contributed by atoms with Crippen molar-refractivity contribution < 1.29 is 17.6 Å². The van der Waals surface area contributed by atoms with E-state index in [-0.39, 0.29) is 11.1 Å². The molecule has 354 valence electrons. The molecule has 1 heterocycles. The van der Waals surface area contributed by atoms with E-state index < -0.39 is 23.3 Å². The van der Waals surface area contributed by atoms with Gasteiger partial charge in [-0.25, -0.2) is 17.6 Å². The number of hydrogen-bond acceptors (Lipinski definition) is 0. The van der Waals surface area contributed by atoms with Crippen LogP contribution in [0.5, 0.6) is 0 Å². The normalized spacial score (nSPS) is 11.7. The van der Waals surface area contributed by atoms with Gasteiger partial charge in [-0.3, -0.25) is 0 Å². The van der Waals surface area contributed by atoms with Gasteiger partial charge in [0, 0.05) is 39.7 Å². The van der Waals surface area contributed by atoms with Crippen molar-refractivity contribution in [1.29, 1.82) is 0 Å². The van der Waals surface area contributed by atoms with Crippen molar-refractivity contribution in [3.63, 3.8) is 0 Å². The van der Waals surface area contributed by atoms with Gasteiger partial charge in [0.15, 0.2) is 0 Å². The predicted molar refractivity (Wildman–Crippen MR) is 303 cm³/mol. The SMILES string of the molecule is Fc1ccc(-c2cc(-c3ccc(F)cc3F)cc(-c3c4ccccc4c(-c4ccc(-n5c6ccc(-c7cccc8ccccc78)cc6c6cc(-c7cccc8ccccc78)ccc65)cc4)c4ccccc34)c2)c(F)c1. The lowest BCUT2D eigenvalue weighted by atomic mass is 9.84. The van der Waals surface area contributed by atoms with Crippen LogP contribution >= 0.6 is 0 Å². The number of fused-ring (bicyclic) bond motifs is 7. The van der Waals surface area contributed by atoms with E-state index in [1.165, 1.54) is 56.9 Å². The molecule has 14 aromatic rings. The molecule has 0 aliphatic heterocycles. The minimum atomic E-state index is -0.747. The Morgan fingerprint density at radius 3 is 1.08 bits per heavy atom. The molecule has 0 radical (unpaired) electrons. The average molecular weight is 972 g/mol. The fourth-order valence-electron chi connectivity index (χ4n) is 11.6. The van der Waals surface area contributed by atoms with Gasteiger partial charge in [0.1, 0.15) is 23.3 Å². The first kappa shape index (κ1) is 44.1. The lowest BCUT2D eigenvalue weighted by Crippen LogP contribution is -1.95. The smallest absolute Gasteiger partial charge is 0.133 e. The highest BCUT2D eigenvalue weighted by Gasteiger charge is 2.22. The van der Waals surface area contributed by atoms with Crippen molar-refractivity contribution in [2.24, 2.45) is 0 Å². The predicted octanol–water partition coefficient (Wildman–Crippen LogP) is 20.0. The van der Waals surface area contributed by atoms with Crippen molar-refractivity contribution >= 4 is 64.9 Å². The number of hydrogen-bond donors (Lipinski definition) is 0. The minimum absolute atomic E-state index is 0.158. The van der Waals surface area contributed by atoms with E-state index >= 15 is 8.78 Å². The highest BCUT2D eigenvalue weighted by molar-refractivity contribution is 6.22. The Kier molecular flexibility index (Phi) is 10.3. The maximum absolute atomic E-state index is 15.6. The zero-order chi connectivity index (χ0) is 50.3. The number of nitrogens with zero attached hydrogens (tertiary/aromatic N) is 1. The average Bonchev–Trinajstić information content (AvgIpc) is 3.77. The standard InChI is InChI=1S/C70H41F4N/c71-50-27-31-57(65(73)40-50)47-35-48(58-32-28-51(72)41-66(58)74)37-49(36-47)70-61-19-7-5-17-59(61)69(60-18-6-8-20-62(60)70)44-23-29-52(30-24-44)75-67-33-25-45(55-21-9-13-42-11-1-3-15-53(42)55)38-63(67)64-39-46(26-34-68(64)75)56-22-10-14-43-12-2-4-16-54(43)56/h1-41H. The van der Waals surface area contributed by atoms with E-state index in [9.17, 15) is 8.78 Å². The quantitative estimate of drug-likeness (QED) is 0.111. The maximum Gasteiger partial charge on any atom is 0.133 e. The van der Waals surface area contributed by atoms with Crippen LogP contribution in [0.25, 0.3) is 137 Å². The Morgan fingerprint density at radius 1 is 0.240 bits per heavy atom. The lowest BCUT2D eigenvalue weighted by molar-refractivity contribution is 0.585. The molecule has 0 N–H and O–H groups in total. The zero-order valence-corrected chi connectivity index (χ0v) is 40.1. The van der Waals surface area contributed by atoms with Gasteiger partial charge in [-0.2, -0.15) is 0 Å². The molecule has 1 nitrogen and oxygen atoms in total. The summed E-state index contributed by atoms with van der Waals surface area (Å²) in [6, 6.07) is 81.3. The molecule has 1 aromatic heterocycles. The van der Waals surface area contributed by atoms with Gasteiger partial charge in [0.2, 0.25) is 0 Å². The second-order valence-corrected chi connectivity index (χ2v) is 19.3. The van der Waals surface area contributed by atoms with E-state index in [2.05, 4.69) is 174 Å². The fraction of sp³-hybridized carbons (Fsp3) is 0. The van der Waals surface area contributed by atoms with Gasteiger partial charge < -0.3 is 4.57 Å². The van der Waals surface area contributed by atoms with E-state index in [1.54, 1.807) is 6.07 Å². The second kappa shape index (κ2) is 17.6. The molecule has 0 aliphatic carbocycles. The van der Waals surface area contributed by atoms with Gasteiger partial charge in [-0.05, 0) is 178 Å². The van der Waals surface area contributed by atoms with Crippen LogP contribution in [0.3, 0.4) is 0 Å². The largest absolute Gasteiger partial charge is 0.309 e. The van der Waals surface area contributed by atoms with Crippen molar-refractivity contribution in [2.45, 2.75) is 0 Å². The molecule has 0 aliphatic rings. The third kappa shape index (κ3) is 7.38. The molecular formula is C70H41F4N. The summed E-state index contributed by atoms with van der Waals surface area (Å²) in [4.78, 5) is 0. The van der Waals surface area contributed by atoms with Crippen molar-refractivity contribution in [1.82, 2.24) is 4.57 Å². The van der Waals surface area contributed by atoms with Crippen molar-refractivity contribution in [2.75, 3.05) is 0 Å². The van der Waals surface area contributed by atoms with E-state index in [0.29, 0.717) is 16.7 Å². The summed E-state index contributed by atoms with van der Waals surface area (Å²) < 4.78 is 62.2. The monoisotopic (exact) mass is 971 g/mol. The third-order valence-electron chi connectivity index (χ3n) is 15.0. The number of rotatable bonds is 7. The Bertz CT molecular complexity index is 4370. The van der Waals surface area contributed by atoms with Crippen LogP contribution in [0.1, 0.15) is 0 Å². The first-order valence-electron chi connectivity index (χ1n) is 25.0. The maximum atomic E-state index is 15.6. The number of benzene rings is 13. The van der Waals surface area contributed by atoms with Crippen LogP contribution in [-0.4, -0.2) is 4.57 Å². The van der Waals surface area contributed by atoms with Gasteiger partial charge in [0.25, 0.3) is 0 Å². The van der Waals surface area contributed by atoms with Crippen LogP contribution < -0.4 is 0 Å². The molecule has 0 saturated heterocycles. The Labute approximate surface area is 429 Å². The number of aromatic nitrogens is 1. The number of halogens is 4. The first-order chi connectivity index (χ1) is 36.8. The summed E-state index contributed by atoms with van der Waals surface area (Å²) in [5.41, 5.74) is 12.7. The second-order valence-electron chi connectivity index (χ2n) is 19.3. The molecule has 0 amide bonds. The Balaban J connectivity index is 0.949. The molecule has 14 rings (SSSR count). The molecule has 0 spiro atoms. The minimum Gasteiger partial charge on any atom is -0.309 e. The Morgan fingerprint density at radius 2 is 0.627 bits per heavy atom. The van der Waals surface area contributed by atoms with Crippen molar-refractivity contribution in [3.05, 3.63) is 272 Å². The summed E-state index contributed by atoms with van der Waals surface area (Å²) in [5, 5.41) is 11.0. The van der Waals surface area contributed by atoms with Gasteiger partial charge in [-0.15, -0.1) is 0 Å². The van der Waals surface area contributed by atoms with Gasteiger partial charge in [0.05, 0.1) is 11.0 Å².